The quantitative estimate of drug-likeness (QED) is 0.302. The van der Waals surface area contributed by atoms with E-state index in [0.717, 1.165) is 12.1 Å². The van der Waals surface area contributed by atoms with E-state index < -0.39 is 27.7 Å². The summed E-state index contributed by atoms with van der Waals surface area (Å²) in [6.45, 7) is 0. The monoisotopic (exact) mass is 508 g/mol. The Bertz CT molecular complexity index is 1460. The van der Waals surface area contributed by atoms with Crippen LogP contribution in [0, 0.1) is 5.82 Å². The third-order valence-corrected chi connectivity index (χ3v) is 7.27. The molecule has 0 aliphatic heterocycles. The van der Waals surface area contributed by atoms with Crippen LogP contribution in [-0.2, 0) is 14.6 Å². The largest absolute Gasteiger partial charge is 0.480 e. The zero-order valence-corrected chi connectivity index (χ0v) is 18.9. The highest BCUT2D eigenvalue weighted by atomic mass is 35.5. The van der Waals surface area contributed by atoms with Crippen molar-refractivity contribution in [3.8, 4) is 11.5 Å². The normalized spacial score (nSPS) is 12.6. The minimum absolute atomic E-state index is 0.0190. The summed E-state index contributed by atoms with van der Waals surface area (Å²) >= 11 is 12.5. The van der Waals surface area contributed by atoms with Gasteiger partial charge < -0.3 is 20.6 Å². The second-order valence-electron chi connectivity index (χ2n) is 7.05. The highest BCUT2D eigenvalue weighted by Crippen LogP contribution is 2.40. The lowest BCUT2D eigenvalue weighted by Gasteiger charge is -2.13. The van der Waals surface area contributed by atoms with E-state index in [9.17, 15) is 17.6 Å². The van der Waals surface area contributed by atoms with Gasteiger partial charge in [0.25, 0.3) is 0 Å². The summed E-state index contributed by atoms with van der Waals surface area (Å²) in [5.74, 6) is -1.51. The first-order valence-corrected chi connectivity index (χ1v) is 11.6. The molecule has 0 fully saturated rings. The number of carbonyl (C=O) groups is 1. The number of hydrogen-bond acceptors (Lipinski definition) is 5. The van der Waals surface area contributed by atoms with Crippen LogP contribution >= 0.6 is 23.2 Å². The molecule has 4 rings (SSSR count). The first-order chi connectivity index (χ1) is 15.6. The number of carboxylic acids is 1. The molecule has 0 saturated carbocycles. The Kier molecular flexibility index (Phi) is 6.06. The molecule has 0 aliphatic carbocycles. The zero-order chi connectivity index (χ0) is 23.9. The first-order valence-electron chi connectivity index (χ1n) is 9.35. The summed E-state index contributed by atoms with van der Waals surface area (Å²) in [4.78, 5) is 13.9. The number of aromatic nitrogens is 1. The molecule has 170 valence electrons. The number of rotatable bonds is 6. The Hall–Kier alpha value is -3.11. The van der Waals surface area contributed by atoms with Crippen LogP contribution in [-0.4, -0.2) is 24.5 Å². The molecule has 0 aliphatic rings. The van der Waals surface area contributed by atoms with Gasteiger partial charge in [0.15, 0.2) is 5.75 Å². The maximum atomic E-state index is 13.2. The van der Waals surface area contributed by atoms with Gasteiger partial charge >= 0.3 is 5.97 Å². The summed E-state index contributed by atoms with van der Waals surface area (Å²) in [6.07, 6.45) is 1.34. The van der Waals surface area contributed by atoms with Gasteiger partial charge in [-0.15, -0.1) is 0 Å². The van der Waals surface area contributed by atoms with E-state index in [1.165, 1.54) is 36.5 Å². The van der Waals surface area contributed by atoms with Crippen molar-refractivity contribution in [2.45, 2.75) is 15.8 Å². The first kappa shape index (κ1) is 23.1. The molecule has 0 radical (unpaired) electrons. The fraction of sp³-hybridized carbons (Fsp3) is 0.0455. The van der Waals surface area contributed by atoms with Crippen molar-refractivity contribution < 1.29 is 27.4 Å². The van der Waals surface area contributed by atoms with Crippen LogP contribution in [0.15, 0.2) is 70.6 Å². The van der Waals surface area contributed by atoms with Gasteiger partial charge in [0.05, 0.1) is 19.8 Å². The molecule has 0 spiro atoms. The number of nitrogens with one attached hydrogen (secondary N) is 1. The van der Waals surface area contributed by atoms with E-state index >= 15 is 0 Å². The molecule has 11 heteroatoms. The van der Waals surface area contributed by atoms with Crippen molar-refractivity contribution in [1.29, 1.82) is 0 Å². The van der Waals surface area contributed by atoms with Gasteiger partial charge in [-0.25, -0.2) is 12.8 Å². The SMILES string of the molecule is N[C@@H](C(=O)O)c1cc(Cl)c(Oc2ccc3[nH]cc(S(=O)(=O)c4ccc(F)cc4)c3c2)c(Cl)c1. The molecule has 0 bridgehead atoms. The van der Waals surface area contributed by atoms with E-state index in [-0.39, 0.29) is 36.9 Å². The fourth-order valence-electron chi connectivity index (χ4n) is 3.22. The molecule has 0 unspecified atom stereocenters. The number of nitrogens with two attached hydrogens (primary N) is 1. The van der Waals surface area contributed by atoms with E-state index in [1.807, 2.05) is 0 Å². The van der Waals surface area contributed by atoms with Crippen molar-refractivity contribution in [3.05, 3.63) is 82.2 Å². The molecule has 1 aromatic heterocycles. The Labute approximate surface area is 197 Å². The molecule has 0 saturated heterocycles. The predicted molar refractivity (Wildman–Crippen MR) is 121 cm³/mol. The lowest BCUT2D eigenvalue weighted by Crippen LogP contribution is -2.20. The fourth-order valence-corrected chi connectivity index (χ4v) is 5.22. The van der Waals surface area contributed by atoms with Crippen molar-refractivity contribution in [2.24, 2.45) is 5.73 Å². The number of aliphatic carboxylic acids is 1. The number of sulfone groups is 1. The smallest absolute Gasteiger partial charge is 0.325 e. The third-order valence-electron chi connectivity index (χ3n) is 4.89. The maximum Gasteiger partial charge on any atom is 0.325 e. The van der Waals surface area contributed by atoms with Crippen LogP contribution in [0.3, 0.4) is 0 Å². The Morgan fingerprint density at radius 1 is 1.06 bits per heavy atom. The Balaban J connectivity index is 1.73. The van der Waals surface area contributed by atoms with Gasteiger partial charge in [-0.1, -0.05) is 23.2 Å². The minimum Gasteiger partial charge on any atom is -0.480 e. The number of aromatic amines is 1. The van der Waals surface area contributed by atoms with Gasteiger partial charge in [0.1, 0.15) is 17.6 Å². The number of fused-ring (bicyclic) bond motifs is 1. The molecule has 0 amide bonds. The van der Waals surface area contributed by atoms with Crippen LogP contribution in [0.25, 0.3) is 10.9 Å². The predicted octanol–water partition coefficient (Wildman–Crippen LogP) is 5.32. The number of carboxylic acid groups (broad SMARTS) is 1. The zero-order valence-electron chi connectivity index (χ0n) is 16.6. The summed E-state index contributed by atoms with van der Waals surface area (Å²) in [5, 5.41) is 9.48. The molecule has 33 heavy (non-hydrogen) atoms. The van der Waals surface area contributed by atoms with E-state index in [0.29, 0.717) is 10.9 Å². The van der Waals surface area contributed by atoms with E-state index in [4.69, 9.17) is 38.8 Å². The number of benzene rings is 3. The molecule has 7 nitrogen and oxygen atoms in total. The van der Waals surface area contributed by atoms with E-state index in [2.05, 4.69) is 4.98 Å². The summed E-state index contributed by atoms with van der Waals surface area (Å²) in [5.41, 5.74) is 6.33. The second kappa shape index (κ2) is 8.68. The minimum atomic E-state index is -3.94. The summed E-state index contributed by atoms with van der Waals surface area (Å²) in [6, 6.07) is 10.6. The second-order valence-corrected chi connectivity index (χ2v) is 9.78. The van der Waals surface area contributed by atoms with Crippen molar-refractivity contribution in [1.82, 2.24) is 4.98 Å². The van der Waals surface area contributed by atoms with Gasteiger partial charge in [0, 0.05) is 17.1 Å². The summed E-state index contributed by atoms with van der Waals surface area (Å²) < 4.78 is 45.2. The van der Waals surface area contributed by atoms with Crippen LogP contribution in [0.2, 0.25) is 10.0 Å². The van der Waals surface area contributed by atoms with Crippen molar-refractivity contribution >= 4 is 49.9 Å². The average Bonchev–Trinajstić information content (AvgIpc) is 3.20. The molecular weight excluding hydrogens is 494 g/mol. The van der Waals surface area contributed by atoms with Crippen LogP contribution in [0.5, 0.6) is 11.5 Å². The molecule has 3 aromatic carbocycles. The third kappa shape index (κ3) is 4.40. The van der Waals surface area contributed by atoms with Crippen molar-refractivity contribution in [2.75, 3.05) is 0 Å². The molecular formula is C22H15Cl2FN2O5S. The lowest BCUT2D eigenvalue weighted by molar-refractivity contribution is -0.138. The highest BCUT2D eigenvalue weighted by Gasteiger charge is 2.23. The number of H-pyrrole nitrogens is 1. The average molecular weight is 509 g/mol. The van der Waals surface area contributed by atoms with Gasteiger partial charge in [-0.2, -0.15) is 0 Å². The van der Waals surface area contributed by atoms with E-state index in [1.54, 1.807) is 12.1 Å². The van der Waals surface area contributed by atoms with Crippen LogP contribution in [0.4, 0.5) is 4.39 Å². The number of halogens is 3. The number of ether oxygens (including phenoxy) is 1. The lowest BCUT2D eigenvalue weighted by atomic mass is 10.1. The standard InChI is InChI=1S/C22H15Cl2FN2O5S/c23-16-7-11(20(26)22(28)29)8-17(24)21(16)32-13-3-6-18-15(9-13)19(10-27-18)33(30,31)14-4-1-12(25)2-5-14/h1-10,20,27H,26H2,(H,28,29)/t20-/m1/s1. The number of hydrogen-bond donors (Lipinski definition) is 3. The maximum absolute atomic E-state index is 13.2. The Morgan fingerprint density at radius 2 is 1.70 bits per heavy atom. The van der Waals surface area contributed by atoms with Crippen LogP contribution in [0.1, 0.15) is 11.6 Å². The topological polar surface area (TPSA) is 122 Å². The van der Waals surface area contributed by atoms with Gasteiger partial charge in [-0.3, -0.25) is 4.79 Å². The van der Waals surface area contributed by atoms with Gasteiger partial charge in [0.2, 0.25) is 9.84 Å². The van der Waals surface area contributed by atoms with Crippen LogP contribution < -0.4 is 10.5 Å². The molecule has 1 heterocycles. The molecule has 4 aromatic rings. The van der Waals surface area contributed by atoms with Gasteiger partial charge in [-0.05, 0) is 60.2 Å². The highest BCUT2D eigenvalue weighted by molar-refractivity contribution is 7.91. The molecule has 4 N–H and O–H groups in total. The van der Waals surface area contributed by atoms with Crippen molar-refractivity contribution in [3.63, 3.8) is 0 Å². The summed E-state index contributed by atoms with van der Waals surface area (Å²) in [7, 11) is -3.94. The molecule has 1 atom stereocenters. The Morgan fingerprint density at radius 3 is 2.30 bits per heavy atom.